The number of nitrogens with one attached hydrogen (secondary N) is 1. The van der Waals surface area contributed by atoms with Crippen molar-refractivity contribution in [1.29, 1.82) is 0 Å². The Morgan fingerprint density at radius 2 is 1.94 bits per heavy atom. The van der Waals surface area contributed by atoms with Crippen LogP contribution in [0, 0.1) is 18.6 Å². The molecular weight excluding hydrogens is 436 g/mol. The summed E-state index contributed by atoms with van der Waals surface area (Å²) in [5.74, 6) is -4.05. The van der Waals surface area contributed by atoms with Crippen molar-refractivity contribution in [1.82, 2.24) is 14.8 Å². The molecule has 3 N–H and O–H groups in total. The molecule has 174 valence electrons. The summed E-state index contributed by atoms with van der Waals surface area (Å²) < 4.78 is 29.8. The highest BCUT2D eigenvalue weighted by Crippen LogP contribution is 2.49. The van der Waals surface area contributed by atoms with Crippen molar-refractivity contribution in [3.8, 4) is 5.75 Å². The van der Waals surface area contributed by atoms with E-state index in [2.05, 4.69) is 5.32 Å². The van der Waals surface area contributed by atoms with Crippen molar-refractivity contribution in [2.75, 3.05) is 13.1 Å². The maximum Gasteiger partial charge on any atom is 0.274 e. The SMILES string of the molecule is Cc1cc(F)c(CNC(=O)c2c3n4c(c(O)c2=O)C(=O)N2CCCC[C@@]4(C[C@@H]3O)C2)c(F)c1. The number of aromatic nitrogens is 1. The van der Waals surface area contributed by atoms with Gasteiger partial charge in [-0.3, -0.25) is 14.4 Å². The van der Waals surface area contributed by atoms with Crippen molar-refractivity contribution in [3.63, 3.8) is 0 Å². The standard InChI is InChI=1S/C23H23F2N3O5/c1-11-6-13(24)12(14(25)7-11)9-26-21(32)16-17-15(29)8-23-4-2-3-5-27(10-23)22(33)18(28(17)23)20(31)19(16)30/h6-7,15,29,31H,2-5,8-10H2,1H3,(H,26,32)/t15-,23+/m0/s1. The molecule has 2 aromatic rings. The Hall–Kier alpha value is -3.27. The molecule has 1 saturated heterocycles. The highest BCUT2D eigenvalue weighted by Gasteiger charge is 2.53. The van der Waals surface area contributed by atoms with Crippen LogP contribution in [0.1, 0.15) is 69.5 Å². The Balaban J connectivity index is 1.61. The first kappa shape index (κ1) is 21.6. The summed E-state index contributed by atoms with van der Waals surface area (Å²) in [4.78, 5) is 40.6. The molecule has 5 rings (SSSR count). The van der Waals surface area contributed by atoms with E-state index in [0.717, 1.165) is 25.0 Å². The van der Waals surface area contributed by atoms with Crippen LogP contribution in [-0.4, -0.2) is 44.6 Å². The van der Waals surface area contributed by atoms with Gasteiger partial charge in [-0.2, -0.15) is 0 Å². The quantitative estimate of drug-likeness (QED) is 0.649. The number of benzene rings is 1. The maximum absolute atomic E-state index is 14.2. The largest absolute Gasteiger partial charge is 0.503 e. The summed E-state index contributed by atoms with van der Waals surface area (Å²) in [6.45, 7) is 1.79. The second kappa shape index (κ2) is 7.38. The maximum atomic E-state index is 14.2. The zero-order valence-electron chi connectivity index (χ0n) is 18.0. The Kier molecular flexibility index (Phi) is 4.82. The van der Waals surface area contributed by atoms with Crippen LogP contribution in [0.4, 0.5) is 8.78 Å². The summed E-state index contributed by atoms with van der Waals surface area (Å²) in [7, 11) is 0. The van der Waals surface area contributed by atoms with Crippen LogP contribution in [0.5, 0.6) is 5.75 Å². The van der Waals surface area contributed by atoms with E-state index in [1.807, 2.05) is 0 Å². The van der Waals surface area contributed by atoms with E-state index in [4.69, 9.17) is 0 Å². The summed E-state index contributed by atoms with van der Waals surface area (Å²) >= 11 is 0. The number of carbonyl (C=O) groups is 2. The van der Waals surface area contributed by atoms with Gasteiger partial charge in [0.2, 0.25) is 5.43 Å². The normalized spacial score (nSPS) is 23.3. The molecule has 1 spiro atoms. The van der Waals surface area contributed by atoms with Crippen LogP contribution in [0.15, 0.2) is 16.9 Å². The van der Waals surface area contributed by atoms with Gasteiger partial charge in [-0.1, -0.05) is 0 Å². The summed E-state index contributed by atoms with van der Waals surface area (Å²) in [5, 5.41) is 23.9. The molecule has 3 aliphatic heterocycles. The van der Waals surface area contributed by atoms with E-state index in [9.17, 15) is 33.4 Å². The van der Waals surface area contributed by atoms with Gasteiger partial charge in [0.05, 0.1) is 17.3 Å². The lowest BCUT2D eigenvalue weighted by atomic mass is 9.88. The summed E-state index contributed by atoms with van der Waals surface area (Å²) in [6.07, 6.45) is 1.11. The van der Waals surface area contributed by atoms with E-state index in [0.29, 0.717) is 25.1 Å². The Morgan fingerprint density at radius 1 is 1.24 bits per heavy atom. The van der Waals surface area contributed by atoms with Crippen LogP contribution in [0.25, 0.3) is 0 Å². The lowest BCUT2D eigenvalue weighted by Gasteiger charge is -2.41. The van der Waals surface area contributed by atoms with Crippen LogP contribution in [-0.2, 0) is 12.1 Å². The molecule has 10 heteroatoms. The van der Waals surface area contributed by atoms with Crippen LogP contribution in [0.2, 0.25) is 0 Å². The van der Waals surface area contributed by atoms with E-state index < -0.39 is 58.4 Å². The number of carbonyl (C=O) groups excluding carboxylic acids is 2. The smallest absolute Gasteiger partial charge is 0.274 e. The summed E-state index contributed by atoms with van der Waals surface area (Å²) in [6, 6.07) is 2.25. The topological polar surface area (TPSA) is 112 Å². The van der Waals surface area contributed by atoms with E-state index in [-0.39, 0.29) is 23.4 Å². The first-order chi connectivity index (χ1) is 15.6. The Morgan fingerprint density at radius 3 is 2.64 bits per heavy atom. The van der Waals surface area contributed by atoms with Gasteiger partial charge in [-0.25, -0.2) is 8.78 Å². The molecule has 4 heterocycles. The lowest BCUT2D eigenvalue weighted by Crippen LogP contribution is -2.52. The number of halogens is 2. The molecule has 2 atom stereocenters. The molecule has 2 amide bonds. The van der Waals surface area contributed by atoms with Gasteiger partial charge in [-0.05, 0) is 43.9 Å². The molecule has 1 fully saturated rings. The van der Waals surface area contributed by atoms with E-state index in [1.54, 1.807) is 4.90 Å². The van der Waals surface area contributed by atoms with Crippen molar-refractivity contribution in [2.24, 2.45) is 0 Å². The van der Waals surface area contributed by atoms with Gasteiger partial charge in [-0.15, -0.1) is 0 Å². The number of amides is 2. The van der Waals surface area contributed by atoms with E-state index in [1.165, 1.54) is 11.5 Å². The number of nitrogens with zero attached hydrogens (tertiary/aromatic N) is 2. The lowest BCUT2D eigenvalue weighted by molar-refractivity contribution is 0.0549. The molecule has 0 unspecified atom stereocenters. The zero-order valence-corrected chi connectivity index (χ0v) is 18.0. The highest BCUT2D eigenvalue weighted by molar-refractivity contribution is 6.00. The van der Waals surface area contributed by atoms with Crippen molar-refractivity contribution in [2.45, 2.75) is 50.8 Å². The third-order valence-corrected chi connectivity index (χ3v) is 6.98. The van der Waals surface area contributed by atoms with Crippen molar-refractivity contribution < 1.29 is 28.6 Å². The minimum atomic E-state index is -1.21. The average Bonchev–Trinajstić information content (AvgIpc) is 2.90. The van der Waals surface area contributed by atoms with Gasteiger partial charge < -0.3 is 25.0 Å². The fourth-order valence-electron chi connectivity index (χ4n) is 5.55. The third-order valence-electron chi connectivity index (χ3n) is 6.98. The van der Waals surface area contributed by atoms with Crippen LogP contribution >= 0.6 is 0 Å². The number of aryl methyl sites for hydroxylation is 1. The number of hydrogen-bond acceptors (Lipinski definition) is 5. The molecule has 2 bridgehead atoms. The molecule has 0 saturated carbocycles. The first-order valence-corrected chi connectivity index (χ1v) is 10.9. The third kappa shape index (κ3) is 3.07. The fourth-order valence-corrected chi connectivity index (χ4v) is 5.55. The first-order valence-electron chi connectivity index (χ1n) is 10.9. The van der Waals surface area contributed by atoms with Gasteiger partial charge in [0.25, 0.3) is 11.8 Å². The molecule has 8 nitrogen and oxygen atoms in total. The summed E-state index contributed by atoms with van der Waals surface area (Å²) in [5.41, 5.74) is -2.59. The molecular formula is C23H23F2N3O5. The number of fused-ring (bicyclic) bond motifs is 1. The second-order valence-electron chi connectivity index (χ2n) is 9.14. The number of pyridine rings is 1. The van der Waals surface area contributed by atoms with Gasteiger partial charge in [0.15, 0.2) is 11.4 Å². The van der Waals surface area contributed by atoms with Crippen molar-refractivity contribution >= 4 is 11.8 Å². The second-order valence-corrected chi connectivity index (χ2v) is 9.14. The fraction of sp³-hybridized carbons (Fsp3) is 0.435. The van der Waals surface area contributed by atoms with Crippen LogP contribution < -0.4 is 10.7 Å². The molecule has 1 aromatic carbocycles. The molecule has 1 aromatic heterocycles. The molecule has 0 aliphatic carbocycles. The zero-order chi connectivity index (χ0) is 23.7. The van der Waals surface area contributed by atoms with Crippen LogP contribution in [0.3, 0.4) is 0 Å². The minimum absolute atomic E-state index is 0.0370. The number of rotatable bonds is 3. The molecule has 33 heavy (non-hydrogen) atoms. The average molecular weight is 459 g/mol. The predicted octanol–water partition coefficient (Wildman–Crippen LogP) is 1.84. The van der Waals surface area contributed by atoms with Gasteiger partial charge >= 0.3 is 0 Å². The Labute approximate surface area is 187 Å². The monoisotopic (exact) mass is 459 g/mol. The van der Waals surface area contributed by atoms with Gasteiger partial charge in [0.1, 0.15) is 17.2 Å². The molecule has 0 radical (unpaired) electrons. The number of aromatic hydroxyl groups is 1. The minimum Gasteiger partial charge on any atom is -0.503 e. The molecule has 3 aliphatic rings. The number of hydrogen-bond donors (Lipinski definition) is 3. The Bertz CT molecular complexity index is 1250. The van der Waals surface area contributed by atoms with Crippen molar-refractivity contribution in [3.05, 3.63) is 62.1 Å². The highest BCUT2D eigenvalue weighted by atomic mass is 19.1. The van der Waals surface area contributed by atoms with E-state index >= 15 is 0 Å². The van der Waals surface area contributed by atoms with Gasteiger partial charge in [0, 0.05) is 31.6 Å². The predicted molar refractivity (Wildman–Crippen MR) is 112 cm³/mol. The number of aliphatic hydroxyl groups is 1. The number of aliphatic hydroxyl groups excluding tert-OH is 1.